The van der Waals surface area contributed by atoms with Crippen molar-refractivity contribution < 1.29 is 4.92 Å². The van der Waals surface area contributed by atoms with E-state index in [0.717, 1.165) is 12.8 Å². The zero-order chi connectivity index (χ0) is 11.1. The molecule has 1 heterocycles. The molecule has 0 spiro atoms. The molecule has 0 amide bonds. The highest BCUT2D eigenvalue weighted by molar-refractivity contribution is 5.61. The maximum absolute atomic E-state index is 10.9. The lowest BCUT2D eigenvalue weighted by Gasteiger charge is -2.12. The van der Waals surface area contributed by atoms with Crippen LogP contribution in [-0.2, 0) is 0 Å². The van der Waals surface area contributed by atoms with E-state index in [4.69, 9.17) is 0 Å². The number of hydrogen-bond acceptors (Lipinski definition) is 4. The third kappa shape index (κ3) is 1.91. The molecule has 5 heteroatoms. The number of nitrogens with zero attached hydrogens (tertiary/aromatic N) is 2. The van der Waals surface area contributed by atoms with Crippen molar-refractivity contribution in [3.63, 3.8) is 0 Å². The lowest BCUT2D eigenvalue weighted by Crippen LogP contribution is -2.18. The van der Waals surface area contributed by atoms with Gasteiger partial charge in [0.15, 0.2) is 0 Å². The maximum Gasteiger partial charge on any atom is 0.314 e. The Bertz CT molecular complexity index is 413. The average molecular weight is 207 g/mol. The molecular weight excluding hydrogens is 194 g/mol. The van der Waals surface area contributed by atoms with Gasteiger partial charge in [-0.15, -0.1) is 0 Å². The van der Waals surface area contributed by atoms with Crippen molar-refractivity contribution in [2.75, 3.05) is 5.32 Å². The summed E-state index contributed by atoms with van der Waals surface area (Å²) in [5.74, 6) is 0.389. The molecule has 0 aliphatic heterocycles. The van der Waals surface area contributed by atoms with Crippen LogP contribution in [0.3, 0.4) is 0 Å². The Morgan fingerprint density at radius 1 is 1.60 bits per heavy atom. The van der Waals surface area contributed by atoms with Gasteiger partial charge in [-0.1, -0.05) is 0 Å². The van der Waals surface area contributed by atoms with E-state index in [9.17, 15) is 10.1 Å². The predicted molar refractivity (Wildman–Crippen MR) is 56.9 cm³/mol. The van der Waals surface area contributed by atoms with E-state index in [2.05, 4.69) is 10.3 Å². The SMILES string of the molecule is Cc1ccnc(NC2(C)CC2)c1[N+](=O)[O-]. The molecule has 1 aromatic heterocycles. The van der Waals surface area contributed by atoms with Crippen LogP contribution in [0.15, 0.2) is 12.3 Å². The third-order valence-electron chi connectivity index (χ3n) is 2.73. The summed E-state index contributed by atoms with van der Waals surface area (Å²) in [6, 6.07) is 1.65. The molecule has 1 aliphatic carbocycles. The minimum atomic E-state index is -0.379. The third-order valence-corrected chi connectivity index (χ3v) is 2.73. The smallest absolute Gasteiger partial charge is 0.314 e. The van der Waals surface area contributed by atoms with E-state index in [1.807, 2.05) is 6.92 Å². The minimum absolute atomic E-state index is 0.00551. The Morgan fingerprint density at radius 2 is 2.27 bits per heavy atom. The van der Waals surface area contributed by atoms with Crippen LogP contribution in [0.5, 0.6) is 0 Å². The van der Waals surface area contributed by atoms with Crippen molar-refractivity contribution in [1.29, 1.82) is 0 Å². The standard InChI is InChI=1S/C10H13N3O2/c1-7-3-6-11-9(8(7)13(14)15)12-10(2)4-5-10/h3,6H,4-5H2,1-2H3,(H,11,12). The van der Waals surface area contributed by atoms with Crippen molar-refractivity contribution in [2.45, 2.75) is 32.2 Å². The molecule has 1 aliphatic rings. The number of aromatic nitrogens is 1. The highest BCUT2D eigenvalue weighted by atomic mass is 16.6. The number of nitro groups is 1. The van der Waals surface area contributed by atoms with Gasteiger partial charge in [-0.3, -0.25) is 10.1 Å². The molecule has 0 unspecified atom stereocenters. The molecule has 0 saturated heterocycles. The number of pyridine rings is 1. The molecule has 0 aromatic carbocycles. The molecule has 80 valence electrons. The fourth-order valence-electron chi connectivity index (χ4n) is 1.47. The van der Waals surface area contributed by atoms with Gasteiger partial charge >= 0.3 is 5.69 Å². The van der Waals surface area contributed by atoms with Crippen LogP contribution in [0.2, 0.25) is 0 Å². The second-order valence-corrected chi connectivity index (χ2v) is 4.27. The first-order valence-electron chi connectivity index (χ1n) is 4.90. The first kappa shape index (κ1) is 9.89. The summed E-state index contributed by atoms with van der Waals surface area (Å²) in [5, 5.41) is 14.0. The van der Waals surface area contributed by atoms with E-state index in [-0.39, 0.29) is 16.1 Å². The van der Waals surface area contributed by atoms with Gasteiger partial charge in [0.1, 0.15) is 0 Å². The molecule has 15 heavy (non-hydrogen) atoms. The largest absolute Gasteiger partial charge is 0.359 e. The van der Waals surface area contributed by atoms with Crippen LogP contribution < -0.4 is 5.32 Å². The normalized spacial score (nSPS) is 17.2. The summed E-state index contributed by atoms with van der Waals surface area (Å²) in [6.07, 6.45) is 3.68. The summed E-state index contributed by atoms with van der Waals surface area (Å²) in [6.45, 7) is 3.76. The van der Waals surface area contributed by atoms with E-state index >= 15 is 0 Å². The van der Waals surface area contributed by atoms with Crippen LogP contribution in [-0.4, -0.2) is 15.4 Å². The molecule has 1 fully saturated rings. The summed E-state index contributed by atoms with van der Waals surface area (Å²) < 4.78 is 0. The van der Waals surface area contributed by atoms with Crippen molar-refractivity contribution in [2.24, 2.45) is 0 Å². The lowest BCUT2D eigenvalue weighted by molar-refractivity contribution is -0.384. The molecule has 0 bridgehead atoms. The molecule has 1 N–H and O–H groups in total. The van der Waals surface area contributed by atoms with Crippen LogP contribution in [0.4, 0.5) is 11.5 Å². The molecule has 5 nitrogen and oxygen atoms in total. The van der Waals surface area contributed by atoms with E-state index in [1.165, 1.54) is 0 Å². The van der Waals surface area contributed by atoms with Gasteiger partial charge in [0.05, 0.1) is 4.92 Å². The van der Waals surface area contributed by atoms with Gasteiger partial charge in [0, 0.05) is 17.3 Å². The van der Waals surface area contributed by atoms with Crippen molar-refractivity contribution in [3.05, 3.63) is 27.9 Å². The van der Waals surface area contributed by atoms with Gasteiger partial charge < -0.3 is 5.32 Å². The number of rotatable bonds is 3. The monoisotopic (exact) mass is 207 g/mol. The Kier molecular flexibility index (Phi) is 2.10. The molecule has 0 atom stereocenters. The quantitative estimate of drug-likeness (QED) is 0.609. The molecule has 1 saturated carbocycles. The Morgan fingerprint density at radius 3 is 2.80 bits per heavy atom. The minimum Gasteiger partial charge on any atom is -0.359 e. The highest BCUT2D eigenvalue weighted by Gasteiger charge is 2.39. The fraction of sp³-hybridized carbons (Fsp3) is 0.500. The summed E-state index contributed by atoms with van der Waals surface area (Å²) in [5.41, 5.74) is 0.735. The van der Waals surface area contributed by atoms with Gasteiger partial charge in [0.2, 0.25) is 5.82 Å². The Hall–Kier alpha value is -1.65. The molecule has 0 radical (unpaired) electrons. The van der Waals surface area contributed by atoms with Gasteiger partial charge in [-0.2, -0.15) is 0 Å². The Balaban J connectivity index is 2.37. The van der Waals surface area contributed by atoms with Crippen LogP contribution in [0.1, 0.15) is 25.3 Å². The van der Waals surface area contributed by atoms with Gasteiger partial charge in [0.25, 0.3) is 0 Å². The van der Waals surface area contributed by atoms with E-state index in [1.54, 1.807) is 19.2 Å². The first-order chi connectivity index (χ1) is 7.02. The number of nitrogens with one attached hydrogen (secondary N) is 1. The summed E-state index contributed by atoms with van der Waals surface area (Å²) in [7, 11) is 0. The molecule has 2 rings (SSSR count). The van der Waals surface area contributed by atoms with Crippen molar-refractivity contribution in [3.8, 4) is 0 Å². The van der Waals surface area contributed by atoms with Gasteiger partial charge in [-0.25, -0.2) is 4.98 Å². The fourth-order valence-corrected chi connectivity index (χ4v) is 1.47. The average Bonchev–Trinajstić information content (AvgIpc) is 2.82. The van der Waals surface area contributed by atoms with Crippen molar-refractivity contribution >= 4 is 11.5 Å². The van der Waals surface area contributed by atoms with Crippen LogP contribution in [0, 0.1) is 17.0 Å². The van der Waals surface area contributed by atoms with Crippen LogP contribution >= 0.6 is 0 Å². The maximum atomic E-state index is 10.9. The Labute approximate surface area is 87.7 Å². The lowest BCUT2D eigenvalue weighted by atomic mass is 10.2. The summed E-state index contributed by atoms with van der Waals surface area (Å²) >= 11 is 0. The number of hydrogen-bond donors (Lipinski definition) is 1. The second kappa shape index (κ2) is 3.18. The zero-order valence-corrected chi connectivity index (χ0v) is 8.78. The first-order valence-corrected chi connectivity index (χ1v) is 4.90. The molecular formula is C10H13N3O2. The summed E-state index contributed by atoms with van der Waals surface area (Å²) in [4.78, 5) is 14.5. The second-order valence-electron chi connectivity index (χ2n) is 4.27. The highest BCUT2D eigenvalue weighted by Crippen LogP contribution is 2.40. The predicted octanol–water partition coefficient (Wildman–Crippen LogP) is 2.26. The van der Waals surface area contributed by atoms with E-state index < -0.39 is 0 Å². The topological polar surface area (TPSA) is 68.1 Å². The van der Waals surface area contributed by atoms with Gasteiger partial charge in [-0.05, 0) is 32.8 Å². The van der Waals surface area contributed by atoms with Crippen molar-refractivity contribution in [1.82, 2.24) is 4.98 Å². The number of aryl methyl sites for hydroxylation is 1. The van der Waals surface area contributed by atoms with Crippen LogP contribution in [0.25, 0.3) is 0 Å². The molecule has 1 aromatic rings. The zero-order valence-electron chi connectivity index (χ0n) is 8.78. The van der Waals surface area contributed by atoms with E-state index in [0.29, 0.717) is 11.4 Å². The number of anilines is 1.